The van der Waals surface area contributed by atoms with Gasteiger partial charge in [0.1, 0.15) is 0 Å². The van der Waals surface area contributed by atoms with Crippen LogP contribution in [0.4, 0.5) is 13.2 Å². The predicted molar refractivity (Wildman–Crippen MR) is 73.1 cm³/mol. The van der Waals surface area contributed by atoms with Gasteiger partial charge in [0.2, 0.25) is 11.8 Å². The van der Waals surface area contributed by atoms with Gasteiger partial charge in [-0.2, -0.15) is 13.2 Å². The number of carbonyl (C=O) groups excluding carboxylic acids is 1. The van der Waals surface area contributed by atoms with E-state index in [1.165, 1.54) is 24.0 Å². The van der Waals surface area contributed by atoms with Gasteiger partial charge in [0.25, 0.3) is 0 Å². The number of ether oxygens (including phenoxy) is 1. The quantitative estimate of drug-likeness (QED) is 0.836. The number of halogens is 3. The molecule has 8 heteroatoms. The van der Waals surface area contributed by atoms with Crippen molar-refractivity contribution in [1.29, 1.82) is 0 Å². The lowest BCUT2D eigenvalue weighted by molar-refractivity contribution is -0.154. The molecule has 116 valence electrons. The third-order valence-electron chi connectivity index (χ3n) is 3.01. The summed E-state index contributed by atoms with van der Waals surface area (Å²) in [5, 5.41) is -0.0452. The lowest BCUT2D eigenvalue weighted by Gasteiger charge is -2.10. The Morgan fingerprint density at radius 2 is 2.24 bits per heavy atom. The summed E-state index contributed by atoms with van der Waals surface area (Å²) in [7, 11) is 1.78. The fourth-order valence-corrected chi connectivity index (χ4v) is 3.04. The second-order valence-corrected chi connectivity index (χ2v) is 5.95. The number of alkyl halides is 3. The minimum atomic E-state index is -4.37. The molecular weight excluding hydrogens is 305 g/mol. The summed E-state index contributed by atoms with van der Waals surface area (Å²) in [6, 6.07) is 3.07. The molecule has 1 aliphatic rings. The van der Waals surface area contributed by atoms with Crippen molar-refractivity contribution >= 4 is 17.7 Å². The van der Waals surface area contributed by atoms with E-state index in [1.54, 1.807) is 18.0 Å². The van der Waals surface area contributed by atoms with Crippen LogP contribution in [-0.2, 0) is 10.5 Å². The van der Waals surface area contributed by atoms with Crippen LogP contribution in [0.15, 0.2) is 18.3 Å². The lowest BCUT2D eigenvalue weighted by atomic mass is 10.3. The molecule has 0 N–H and O–H groups in total. The summed E-state index contributed by atoms with van der Waals surface area (Å²) in [5.41, 5.74) is 0.849. The summed E-state index contributed by atoms with van der Waals surface area (Å²) in [5.74, 6) is 0.660. The fourth-order valence-electron chi connectivity index (χ4n) is 1.88. The van der Waals surface area contributed by atoms with Crippen LogP contribution in [-0.4, -0.2) is 47.4 Å². The van der Waals surface area contributed by atoms with Crippen molar-refractivity contribution < 1.29 is 22.7 Å². The highest BCUT2D eigenvalue weighted by atomic mass is 32.2. The minimum absolute atomic E-state index is 0.0452. The number of nitrogens with zero attached hydrogens (tertiary/aromatic N) is 2. The Morgan fingerprint density at radius 1 is 1.48 bits per heavy atom. The van der Waals surface area contributed by atoms with E-state index >= 15 is 0 Å². The first-order valence-corrected chi connectivity index (χ1v) is 7.41. The largest absolute Gasteiger partial charge is 0.468 e. The van der Waals surface area contributed by atoms with Crippen molar-refractivity contribution in [3.05, 3.63) is 23.9 Å². The molecule has 0 spiro atoms. The predicted octanol–water partition coefficient (Wildman–Crippen LogP) is 2.49. The van der Waals surface area contributed by atoms with E-state index < -0.39 is 12.8 Å². The van der Waals surface area contributed by atoms with Gasteiger partial charge in [0, 0.05) is 31.6 Å². The highest BCUT2D eigenvalue weighted by molar-refractivity contribution is 7.99. The number of likely N-dealkylation sites (tertiary alicyclic amines) is 1. The number of hydrogen-bond donors (Lipinski definition) is 0. The number of hydrogen-bond acceptors (Lipinski definition) is 4. The molecule has 0 aromatic carbocycles. The molecule has 0 aliphatic carbocycles. The van der Waals surface area contributed by atoms with Gasteiger partial charge in [-0.1, -0.05) is 6.07 Å². The van der Waals surface area contributed by atoms with Crippen LogP contribution in [0, 0.1) is 0 Å². The molecule has 1 amide bonds. The van der Waals surface area contributed by atoms with Crippen LogP contribution < -0.4 is 4.74 Å². The van der Waals surface area contributed by atoms with Crippen molar-refractivity contribution in [2.45, 2.75) is 23.6 Å². The van der Waals surface area contributed by atoms with E-state index in [0.29, 0.717) is 5.75 Å². The van der Waals surface area contributed by atoms with Crippen molar-refractivity contribution in [3.63, 3.8) is 0 Å². The Kier molecular flexibility index (Phi) is 4.97. The van der Waals surface area contributed by atoms with Crippen LogP contribution in [0.2, 0.25) is 0 Å². The summed E-state index contributed by atoms with van der Waals surface area (Å²) in [6.45, 7) is -0.587. The first kappa shape index (κ1) is 15.9. The average Bonchev–Trinajstić information content (AvgIpc) is 2.75. The topological polar surface area (TPSA) is 42.4 Å². The fraction of sp³-hybridized carbons (Fsp3) is 0.538. The molecule has 1 aromatic heterocycles. The Bertz CT molecular complexity index is 493. The van der Waals surface area contributed by atoms with E-state index in [2.05, 4.69) is 9.72 Å². The van der Waals surface area contributed by atoms with E-state index in [9.17, 15) is 18.0 Å². The SMILES string of the molecule is CN1CC[C@@H](SCc2ccc(OCC(F)(F)F)nc2)C1=O. The van der Waals surface area contributed by atoms with Crippen LogP contribution in [0.25, 0.3) is 0 Å². The maximum absolute atomic E-state index is 12.0. The molecule has 1 fully saturated rings. The molecule has 21 heavy (non-hydrogen) atoms. The van der Waals surface area contributed by atoms with Gasteiger partial charge < -0.3 is 9.64 Å². The number of pyridine rings is 1. The summed E-state index contributed by atoms with van der Waals surface area (Å²) < 4.78 is 40.5. The van der Waals surface area contributed by atoms with Crippen LogP contribution >= 0.6 is 11.8 Å². The zero-order valence-corrected chi connectivity index (χ0v) is 12.2. The first-order chi connectivity index (χ1) is 9.85. The van der Waals surface area contributed by atoms with Crippen molar-refractivity contribution in [3.8, 4) is 5.88 Å². The van der Waals surface area contributed by atoms with Gasteiger partial charge in [0.15, 0.2) is 6.61 Å². The average molecular weight is 320 g/mol. The molecule has 4 nitrogen and oxygen atoms in total. The Balaban J connectivity index is 1.81. The van der Waals surface area contributed by atoms with Gasteiger partial charge in [-0.05, 0) is 12.0 Å². The molecule has 0 unspecified atom stereocenters. The molecule has 0 saturated carbocycles. The first-order valence-electron chi connectivity index (χ1n) is 6.36. The highest BCUT2D eigenvalue weighted by Gasteiger charge is 2.29. The summed E-state index contributed by atoms with van der Waals surface area (Å²) in [6.07, 6.45) is -2.08. The number of rotatable bonds is 5. The van der Waals surface area contributed by atoms with Crippen molar-refractivity contribution in [2.24, 2.45) is 0 Å². The molecule has 1 aliphatic heterocycles. The normalized spacial score (nSPS) is 19.1. The standard InChI is InChI=1S/C13H15F3N2O2S/c1-18-5-4-10(12(18)19)21-7-9-2-3-11(17-6-9)20-8-13(14,15)16/h2-3,6,10H,4-5,7-8H2,1H3/t10-/m1/s1. The Labute approximate surface area is 124 Å². The second-order valence-electron chi connectivity index (χ2n) is 4.76. The molecule has 1 atom stereocenters. The number of carbonyl (C=O) groups is 1. The zero-order chi connectivity index (χ0) is 15.5. The van der Waals surface area contributed by atoms with Gasteiger partial charge >= 0.3 is 6.18 Å². The van der Waals surface area contributed by atoms with Gasteiger partial charge in [-0.25, -0.2) is 4.98 Å². The number of amides is 1. The Morgan fingerprint density at radius 3 is 2.76 bits per heavy atom. The monoisotopic (exact) mass is 320 g/mol. The zero-order valence-electron chi connectivity index (χ0n) is 11.4. The maximum Gasteiger partial charge on any atom is 0.422 e. The number of aromatic nitrogens is 1. The molecule has 0 bridgehead atoms. The van der Waals surface area contributed by atoms with Crippen molar-refractivity contribution in [1.82, 2.24) is 9.88 Å². The minimum Gasteiger partial charge on any atom is -0.468 e. The summed E-state index contributed by atoms with van der Waals surface area (Å²) in [4.78, 5) is 17.3. The molecular formula is C13H15F3N2O2S. The highest BCUT2D eigenvalue weighted by Crippen LogP contribution is 2.26. The smallest absolute Gasteiger partial charge is 0.422 e. The molecule has 1 saturated heterocycles. The van der Waals surface area contributed by atoms with E-state index in [-0.39, 0.29) is 17.0 Å². The van der Waals surface area contributed by atoms with Gasteiger partial charge in [-0.15, -0.1) is 11.8 Å². The van der Waals surface area contributed by atoms with Crippen LogP contribution in [0.5, 0.6) is 5.88 Å². The van der Waals surface area contributed by atoms with E-state index in [4.69, 9.17) is 0 Å². The molecule has 2 heterocycles. The summed E-state index contributed by atoms with van der Waals surface area (Å²) >= 11 is 1.52. The van der Waals surface area contributed by atoms with Gasteiger partial charge in [-0.3, -0.25) is 4.79 Å². The lowest BCUT2D eigenvalue weighted by Crippen LogP contribution is -2.23. The number of thioether (sulfide) groups is 1. The van der Waals surface area contributed by atoms with E-state index in [0.717, 1.165) is 18.5 Å². The van der Waals surface area contributed by atoms with Crippen LogP contribution in [0.1, 0.15) is 12.0 Å². The molecule has 0 radical (unpaired) electrons. The third kappa shape index (κ3) is 4.80. The molecule has 1 aromatic rings. The maximum atomic E-state index is 12.0. The van der Waals surface area contributed by atoms with Crippen LogP contribution in [0.3, 0.4) is 0 Å². The molecule has 2 rings (SSSR count). The van der Waals surface area contributed by atoms with Crippen molar-refractivity contribution in [2.75, 3.05) is 20.2 Å². The second kappa shape index (κ2) is 6.55. The van der Waals surface area contributed by atoms with Gasteiger partial charge in [0.05, 0.1) is 5.25 Å². The van der Waals surface area contributed by atoms with E-state index in [1.807, 2.05) is 0 Å². The Hall–Kier alpha value is -1.44. The third-order valence-corrected chi connectivity index (χ3v) is 4.35.